The molecule has 122 valence electrons. The summed E-state index contributed by atoms with van der Waals surface area (Å²) in [6.45, 7) is 0.883. The molecule has 0 aromatic heterocycles. The molecule has 5 nitrogen and oxygen atoms in total. The zero-order valence-electron chi connectivity index (χ0n) is 13.2. The molecule has 0 saturated heterocycles. The van der Waals surface area contributed by atoms with Crippen LogP contribution in [0.2, 0.25) is 0 Å². The van der Waals surface area contributed by atoms with E-state index >= 15 is 0 Å². The standard InChI is InChI=1S/C17H20N2O3S/c1-19(2)15-5-3-13(4-6-15)12-18-23(20,21)16-7-8-17-14(11-16)9-10-22-17/h3-8,11,18H,9-10,12H2,1-2H3. The molecule has 2 aromatic carbocycles. The van der Waals surface area contributed by atoms with Gasteiger partial charge in [0.1, 0.15) is 5.75 Å². The van der Waals surface area contributed by atoms with Gasteiger partial charge in [0.25, 0.3) is 0 Å². The number of benzene rings is 2. The number of rotatable bonds is 5. The molecule has 0 bridgehead atoms. The van der Waals surface area contributed by atoms with Gasteiger partial charge in [-0.1, -0.05) is 12.1 Å². The van der Waals surface area contributed by atoms with E-state index in [-0.39, 0.29) is 11.4 Å². The highest BCUT2D eigenvalue weighted by atomic mass is 32.2. The first-order valence-corrected chi connectivity index (χ1v) is 8.96. The molecule has 23 heavy (non-hydrogen) atoms. The maximum Gasteiger partial charge on any atom is 0.240 e. The number of sulfonamides is 1. The smallest absolute Gasteiger partial charge is 0.240 e. The Bertz CT molecular complexity index is 799. The summed E-state index contributed by atoms with van der Waals surface area (Å²) in [5.41, 5.74) is 2.95. The number of anilines is 1. The van der Waals surface area contributed by atoms with Crippen molar-refractivity contribution in [3.8, 4) is 5.75 Å². The third kappa shape index (κ3) is 3.48. The molecular weight excluding hydrogens is 312 g/mol. The Balaban J connectivity index is 1.71. The van der Waals surface area contributed by atoms with Crippen LogP contribution in [0, 0.1) is 0 Å². The van der Waals surface area contributed by atoms with Gasteiger partial charge in [0, 0.05) is 32.7 Å². The van der Waals surface area contributed by atoms with E-state index in [1.165, 1.54) is 0 Å². The summed E-state index contributed by atoms with van der Waals surface area (Å²) < 4.78 is 32.9. The van der Waals surface area contributed by atoms with Gasteiger partial charge >= 0.3 is 0 Å². The molecule has 0 amide bonds. The van der Waals surface area contributed by atoms with Crippen LogP contribution in [0.4, 0.5) is 5.69 Å². The van der Waals surface area contributed by atoms with Crippen molar-refractivity contribution in [1.82, 2.24) is 4.72 Å². The number of hydrogen-bond donors (Lipinski definition) is 1. The molecule has 1 heterocycles. The Morgan fingerprint density at radius 2 is 1.87 bits per heavy atom. The summed E-state index contributed by atoms with van der Waals surface area (Å²) in [5.74, 6) is 0.781. The minimum absolute atomic E-state index is 0.267. The molecule has 0 aliphatic carbocycles. The molecule has 0 spiro atoms. The maximum atomic E-state index is 12.4. The van der Waals surface area contributed by atoms with Crippen molar-refractivity contribution in [2.45, 2.75) is 17.9 Å². The lowest BCUT2D eigenvalue weighted by Gasteiger charge is -2.13. The van der Waals surface area contributed by atoms with E-state index in [1.54, 1.807) is 18.2 Å². The van der Waals surface area contributed by atoms with Crippen molar-refractivity contribution in [3.05, 3.63) is 53.6 Å². The fraction of sp³-hybridized carbons (Fsp3) is 0.294. The van der Waals surface area contributed by atoms with E-state index in [0.29, 0.717) is 6.61 Å². The lowest BCUT2D eigenvalue weighted by atomic mass is 10.2. The zero-order valence-corrected chi connectivity index (χ0v) is 14.1. The van der Waals surface area contributed by atoms with Gasteiger partial charge < -0.3 is 9.64 Å². The summed E-state index contributed by atoms with van der Waals surface area (Å²) in [4.78, 5) is 2.28. The zero-order chi connectivity index (χ0) is 16.4. The second-order valence-electron chi connectivity index (χ2n) is 5.75. The number of hydrogen-bond acceptors (Lipinski definition) is 4. The molecule has 6 heteroatoms. The van der Waals surface area contributed by atoms with E-state index in [0.717, 1.165) is 29.0 Å². The van der Waals surface area contributed by atoms with Crippen LogP contribution in [-0.4, -0.2) is 29.1 Å². The van der Waals surface area contributed by atoms with E-state index in [9.17, 15) is 8.42 Å². The summed E-state index contributed by atoms with van der Waals surface area (Å²) in [6.07, 6.45) is 0.755. The third-order valence-electron chi connectivity index (χ3n) is 3.89. The Kier molecular flexibility index (Phi) is 4.28. The van der Waals surface area contributed by atoms with Crippen molar-refractivity contribution in [2.75, 3.05) is 25.6 Å². The molecule has 0 unspecified atom stereocenters. The number of nitrogens with zero attached hydrogens (tertiary/aromatic N) is 1. The third-order valence-corrected chi connectivity index (χ3v) is 5.29. The fourth-order valence-corrected chi connectivity index (χ4v) is 3.57. The van der Waals surface area contributed by atoms with E-state index in [2.05, 4.69) is 4.72 Å². The Labute approximate surface area is 136 Å². The van der Waals surface area contributed by atoms with Gasteiger partial charge in [0.15, 0.2) is 0 Å². The molecule has 1 aliphatic heterocycles. The first kappa shape index (κ1) is 15.8. The van der Waals surface area contributed by atoms with Gasteiger partial charge in [-0.05, 0) is 41.5 Å². The first-order chi connectivity index (χ1) is 11.0. The molecular formula is C17H20N2O3S. The molecule has 1 N–H and O–H groups in total. The van der Waals surface area contributed by atoms with Crippen LogP contribution in [-0.2, 0) is 23.0 Å². The van der Waals surface area contributed by atoms with Gasteiger partial charge in [-0.2, -0.15) is 0 Å². The van der Waals surface area contributed by atoms with Crippen molar-refractivity contribution >= 4 is 15.7 Å². The van der Waals surface area contributed by atoms with Crippen molar-refractivity contribution in [1.29, 1.82) is 0 Å². The van der Waals surface area contributed by atoms with E-state index < -0.39 is 10.0 Å². The normalized spacial score (nSPS) is 13.5. The molecule has 1 aliphatic rings. The van der Waals surface area contributed by atoms with Crippen LogP contribution in [0.3, 0.4) is 0 Å². The number of ether oxygens (including phenoxy) is 1. The molecule has 0 atom stereocenters. The first-order valence-electron chi connectivity index (χ1n) is 7.47. The number of fused-ring (bicyclic) bond motifs is 1. The van der Waals surface area contributed by atoms with Gasteiger partial charge in [-0.15, -0.1) is 0 Å². The highest BCUT2D eigenvalue weighted by Crippen LogP contribution is 2.27. The van der Waals surface area contributed by atoms with Gasteiger partial charge in [0.2, 0.25) is 10.0 Å². The highest BCUT2D eigenvalue weighted by Gasteiger charge is 2.19. The summed E-state index contributed by atoms with van der Waals surface area (Å²) in [7, 11) is 0.413. The Morgan fingerprint density at radius 3 is 2.57 bits per heavy atom. The Morgan fingerprint density at radius 1 is 1.13 bits per heavy atom. The van der Waals surface area contributed by atoms with Crippen molar-refractivity contribution in [3.63, 3.8) is 0 Å². The lowest BCUT2D eigenvalue weighted by molar-refractivity contribution is 0.356. The van der Waals surface area contributed by atoms with Gasteiger partial charge in [-0.25, -0.2) is 13.1 Å². The average molecular weight is 332 g/mol. The molecule has 2 aromatic rings. The van der Waals surface area contributed by atoms with Gasteiger partial charge in [0.05, 0.1) is 11.5 Å². The topological polar surface area (TPSA) is 58.6 Å². The van der Waals surface area contributed by atoms with Crippen molar-refractivity contribution in [2.24, 2.45) is 0 Å². The summed E-state index contributed by atoms with van der Waals surface area (Å²) in [6, 6.07) is 12.8. The average Bonchev–Trinajstić information content (AvgIpc) is 3.01. The monoisotopic (exact) mass is 332 g/mol. The largest absolute Gasteiger partial charge is 0.493 e. The lowest BCUT2D eigenvalue weighted by Crippen LogP contribution is -2.23. The fourth-order valence-electron chi connectivity index (χ4n) is 2.50. The second kappa shape index (κ2) is 6.22. The Hall–Kier alpha value is -2.05. The van der Waals surface area contributed by atoms with Crippen LogP contribution in [0.5, 0.6) is 5.75 Å². The molecule has 0 fully saturated rings. The quantitative estimate of drug-likeness (QED) is 0.912. The van der Waals surface area contributed by atoms with E-state index in [1.807, 2.05) is 43.3 Å². The highest BCUT2D eigenvalue weighted by molar-refractivity contribution is 7.89. The number of nitrogens with one attached hydrogen (secondary N) is 1. The predicted molar refractivity (Wildman–Crippen MR) is 90.4 cm³/mol. The predicted octanol–water partition coefficient (Wildman–Crippen LogP) is 2.17. The van der Waals surface area contributed by atoms with Crippen LogP contribution < -0.4 is 14.4 Å². The van der Waals surface area contributed by atoms with Crippen molar-refractivity contribution < 1.29 is 13.2 Å². The van der Waals surface area contributed by atoms with E-state index in [4.69, 9.17) is 4.74 Å². The van der Waals surface area contributed by atoms with Crippen LogP contribution in [0.1, 0.15) is 11.1 Å². The minimum atomic E-state index is -3.52. The van der Waals surface area contributed by atoms with Crippen LogP contribution in [0.25, 0.3) is 0 Å². The maximum absolute atomic E-state index is 12.4. The molecule has 0 radical (unpaired) electrons. The minimum Gasteiger partial charge on any atom is -0.493 e. The molecule has 3 rings (SSSR count). The summed E-state index contributed by atoms with van der Waals surface area (Å²) in [5, 5.41) is 0. The summed E-state index contributed by atoms with van der Waals surface area (Å²) >= 11 is 0. The SMILES string of the molecule is CN(C)c1ccc(CNS(=O)(=O)c2ccc3c(c2)CCO3)cc1. The molecule has 0 saturated carbocycles. The van der Waals surface area contributed by atoms with Crippen LogP contribution in [0.15, 0.2) is 47.4 Å². The van der Waals surface area contributed by atoms with Crippen LogP contribution >= 0.6 is 0 Å². The van der Waals surface area contributed by atoms with Gasteiger partial charge in [-0.3, -0.25) is 0 Å². The second-order valence-corrected chi connectivity index (χ2v) is 7.52.